The molecule has 0 radical (unpaired) electrons. The van der Waals surface area contributed by atoms with Gasteiger partial charge in [-0.05, 0) is 47.4 Å². The van der Waals surface area contributed by atoms with Crippen LogP contribution in [-0.4, -0.2) is 70.1 Å². The summed E-state index contributed by atoms with van der Waals surface area (Å²) in [5.41, 5.74) is 3.80. The van der Waals surface area contributed by atoms with Crippen LogP contribution in [-0.2, 0) is 17.7 Å². The summed E-state index contributed by atoms with van der Waals surface area (Å²) in [6.07, 6.45) is 0.985. The lowest BCUT2D eigenvalue weighted by molar-refractivity contribution is 0.00367. The molecule has 31 heavy (non-hydrogen) atoms. The molecular formula is C24H30N2O5. The smallest absolute Gasteiger partial charge is 0.231 e. The van der Waals surface area contributed by atoms with Gasteiger partial charge < -0.3 is 23.7 Å². The van der Waals surface area contributed by atoms with Gasteiger partial charge in [-0.1, -0.05) is 6.07 Å². The summed E-state index contributed by atoms with van der Waals surface area (Å²) in [7, 11) is 3.37. The second-order valence-electron chi connectivity index (χ2n) is 8.28. The average Bonchev–Trinajstić information content (AvgIpc) is 3.27. The second-order valence-corrected chi connectivity index (χ2v) is 8.28. The van der Waals surface area contributed by atoms with Crippen LogP contribution in [0.2, 0.25) is 0 Å². The van der Waals surface area contributed by atoms with Crippen molar-refractivity contribution in [1.29, 1.82) is 0 Å². The molecule has 5 rings (SSSR count). The van der Waals surface area contributed by atoms with Crippen molar-refractivity contribution in [3.8, 4) is 23.0 Å². The molecule has 0 unspecified atom stereocenters. The summed E-state index contributed by atoms with van der Waals surface area (Å²) in [6.45, 7) is 7.06. The topological polar surface area (TPSA) is 52.6 Å². The molecule has 3 aliphatic heterocycles. The summed E-state index contributed by atoms with van der Waals surface area (Å²) >= 11 is 0. The molecule has 1 atom stereocenters. The molecule has 0 aromatic heterocycles. The normalized spacial score (nSPS) is 21.0. The second kappa shape index (κ2) is 8.94. The van der Waals surface area contributed by atoms with Gasteiger partial charge in [-0.15, -0.1) is 0 Å². The van der Waals surface area contributed by atoms with Gasteiger partial charge in [0.2, 0.25) is 6.79 Å². The first-order valence-electron chi connectivity index (χ1n) is 10.9. The third kappa shape index (κ3) is 4.31. The summed E-state index contributed by atoms with van der Waals surface area (Å²) < 4.78 is 28.1. The van der Waals surface area contributed by atoms with E-state index in [1.165, 1.54) is 16.7 Å². The van der Waals surface area contributed by atoms with E-state index in [1.54, 1.807) is 14.2 Å². The van der Waals surface area contributed by atoms with Gasteiger partial charge in [0, 0.05) is 39.3 Å². The van der Waals surface area contributed by atoms with E-state index in [2.05, 4.69) is 34.1 Å². The monoisotopic (exact) mass is 426 g/mol. The summed E-state index contributed by atoms with van der Waals surface area (Å²) in [5, 5.41) is 0. The Hall–Kier alpha value is -2.48. The van der Waals surface area contributed by atoms with E-state index in [0.717, 1.165) is 75.3 Å². The van der Waals surface area contributed by atoms with Crippen molar-refractivity contribution >= 4 is 0 Å². The van der Waals surface area contributed by atoms with Gasteiger partial charge in [-0.25, -0.2) is 0 Å². The quantitative estimate of drug-likeness (QED) is 0.704. The molecule has 7 heteroatoms. The Morgan fingerprint density at radius 3 is 2.45 bits per heavy atom. The van der Waals surface area contributed by atoms with Crippen molar-refractivity contribution in [2.24, 2.45) is 0 Å². The zero-order chi connectivity index (χ0) is 21.2. The Kier molecular flexibility index (Phi) is 5.89. The van der Waals surface area contributed by atoms with Crippen LogP contribution in [0, 0.1) is 0 Å². The number of rotatable bonds is 6. The minimum absolute atomic E-state index is 0.0731. The molecule has 166 valence electrons. The molecule has 0 N–H and O–H groups in total. The zero-order valence-electron chi connectivity index (χ0n) is 18.3. The Morgan fingerprint density at radius 1 is 0.903 bits per heavy atom. The third-order valence-electron chi connectivity index (χ3n) is 6.41. The number of ether oxygens (including phenoxy) is 5. The minimum Gasteiger partial charge on any atom is -0.493 e. The molecule has 2 aromatic rings. The largest absolute Gasteiger partial charge is 0.493 e. The van der Waals surface area contributed by atoms with Crippen LogP contribution < -0.4 is 18.9 Å². The molecule has 0 aliphatic carbocycles. The number of hydrogen-bond donors (Lipinski definition) is 0. The maximum atomic E-state index is 6.17. The molecule has 0 saturated carbocycles. The van der Waals surface area contributed by atoms with Crippen molar-refractivity contribution in [3.63, 3.8) is 0 Å². The lowest BCUT2D eigenvalue weighted by Gasteiger charge is -2.37. The van der Waals surface area contributed by atoms with E-state index in [1.807, 2.05) is 6.07 Å². The predicted octanol–water partition coefficient (Wildman–Crippen LogP) is 2.86. The predicted molar refractivity (Wildman–Crippen MR) is 116 cm³/mol. The maximum Gasteiger partial charge on any atom is 0.231 e. The minimum atomic E-state index is 0.0731. The van der Waals surface area contributed by atoms with E-state index >= 15 is 0 Å². The highest BCUT2D eigenvalue weighted by atomic mass is 16.7. The first kappa shape index (κ1) is 20.4. The van der Waals surface area contributed by atoms with Gasteiger partial charge in [-0.3, -0.25) is 9.80 Å². The average molecular weight is 427 g/mol. The number of hydrogen-bond acceptors (Lipinski definition) is 7. The molecule has 0 amide bonds. The molecule has 1 fully saturated rings. The molecule has 2 aromatic carbocycles. The summed E-state index contributed by atoms with van der Waals surface area (Å²) in [5.74, 6) is 3.26. The molecule has 7 nitrogen and oxygen atoms in total. The highest BCUT2D eigenvalue weighted by Crippen LogP contribution is 2.37. The molecule has 3 heterocycles. The number of methoxy groups -OCH3 is 2. The molecule has 1 saturated heterocycles. The highest BCUT2D eigenvalue weighted by molar-refractivity contribution is 5.49. The van der Waals surface area contributed by atoms with Gasteiger partial charge >= 0.3 is 0 Å². The van der Waals surface area contributed by atoms with Gasteiger partial charge in [0.05, 0.1) is 26.9 Å². The van der Waals surface area contributed by atoms with Gasteiger partial charge in [-0.2, -0.15) is 0 Å². The number of piperazine rings is 1. The first-order valence-corrected chi connectivity index (χ1v) is 10.9. The highest BCUT2D eigenvalue weighted by Gasteiger charge is 2.27. The molecule has 0 bridgehead atoms. The molecule has 3 aliphatic rings. The van der Waals surface area contributed by atoms with Crippen LogP contribution >= 0.6 is 0 Å². The van der Waals surface area contributed by atoms with Crippen LogP contribution in [0.25, 0.3) is 0 Å². The first-order chi connectivity index (χ1) is 15.2. The Labute approximate surface area is 183 Å². The SMILES string of the molecule is COc1cc2c(cc1OC)[C@@H](CN1CCN(Cc3ccc4c(c3)OCO4)CC1)OCC2. The maximum absolute atomic E-state index is 6.17. The number of benzene rings is 2. The number of nitrogens with zero attached hydrogens (tertiary/aromatic N) is 2. The standard InChI is InChI=1S/C24H30N2O5/c1-27-21-12-18-5-10-29-24(19(18)13-22(21)28-2)15-26-8-6-25(7-9-26)14-17-3-4-20-23(11-17)31-16-30-20/h3-4,11-13,24H,5-10,14-16H2,1-2H3/t24-/m1/s1. The van der Waals surface area contributed by atoms with Crippen molar-refractivity contribution in [2.45, 2.75) is 19.1 Å². The Balaban J connectivity index is 1.19. The van der Waals surface area contributed by atoms with Crippen molar-refractivity contribution in [1.82, 2.24) is 9.80 Å². The van der Waals surface area contributed by atoms with Gasteiger partial charge in [0.15, 0.2) is 23.0 Å². The molecular weight excluding hydrogens is 396 g/mol. The van der Waals surface area contributed by atoms with E-state index in [0.29, 0.717) is 6.79 Å². The van der Waals surface area contributed by atoms with E-state index < -0.39 is 0 Å². The summed E-state index contributed by atoms with van der Waals surface area (Å²) in [6, 6.07) is 10.4. The Bertz CT molecular complexity index is 926. The van der Waals surface area contributed by atoms with Crippen LogP contribution in [0.5, 0.6) is 23.0 Å². The summed E-state index contributed by atoms with van der Waals surface area (Å²) in [4.78, 5) is 5.00. The van der Waals surface area contributed by atoms with Gasteiger partial charge in [0.25, 0.3) is 0 Å². The zero-order valence-corrected chi connectivity index (χ0v) is 18.3. The fourth-order valence-corrected chi connectivity index (χ4v) is 4.67. The van der Waals surface area contributed by atoms with Crippen molar-refractivity contribution in [2.75, 3.05) is 60.3 Å². The van der Waals surface area contributed by atoms with Crippen molar-refractivity contribution < 1.29 is 23.7 Å². The fraction of sp³-hybridized carbons (Fsp3) is 0.500. The van der Waals surface area contributed by atoms with Crippen LogP contribution in [0.1, 0.15) is 22.8 Å². The number of fused-ring (bicyclic) bond motifs is 2. The van der Waals surface area contributed by atoms with Crippen LogP contribution in [0.3, 0.4) is 0 Å². The third-order valence-corrected chi connectivity index (χ3v) is 6.41. The molecule has 0 spiro atoms. The lowest BCUT2D eigenvalue weighted by atomic mass is 9.96. The Morgan fingerprint density at radius 2 is 1.65 bits per heavy atom. The van der Waals surface area contributed by atoms with E-state index in [4.69, 9.17) is 23.7 Å². The van der Waals surface area contributed by atoms with E-state index in [9.17, 15) is 0 Å². The van der Waals surface area contributed by atoms with E-state index in [-0.39, 0.29) is 6.10 Å². The fourth-order valence-electron chi connectivity index (χ4n) is 4.67. The van der Waals surface area contributed by atoms with Crippen molar-refractivity contribution in [3.05, 3.63) is 47.0 Å². The van der Waals surface area contributed by atoms with Gasteiger partial charge in [0.1, 0.15) is 0 Å². The van der Waals surface area contributed by atoms with Crippen LogP contribution in [0.4, 0.5) is 0 Å². The lowest BCUT2D eigenvalue weighted by Crippen LogP contribution is -2.47. The van der Waals surface area contributed by atoms with Crippen LogP contribution in [0.15, 0.2) is 30.3 Å².